The summed E-state index contributed by atoms with van der Waals surface area (Å²) in [5, 5.41) is 11.8. The molecule has 3 atom stereocenters. The van der Waals surface area contributed by atoms with Crippen molar-refractivity contribution >= 4 is 23.5 Å². The average molecular weight is 651 g/mol. The smallest absolute Gasteiger partial charge is 0.114 e. The van der Waals surface area contributed by atoms with Crippen LogP contribution in [0.1, 0.15) is 27.8 Å². The largest absolute Gasteiger partial charge is 0.388 e. The highest BCUT2D eigenvalue weighted by atomic mass is 32.2. The third-order valence-corrected chi connectivity index (χ3v) is 10.5. The van der Waals surface area contributed by atoms with Gasteiger partial charge in [-0.25, -0.2) is 0 Å². The van der Waals surface area contributed by atoms with E-state index in [1.807, 2.05) is 115 Å². The molecular formula is C40H42O4S2. The predicted molar refractivity (Wildman–Crippen MR) is 191 cm³/mol. The zero-order valence-electron chi connectivity index (χ0n) is 26.0. The first-order valence-corrected chi connectivity index (χ1v) is 17.8. The van der Waals surface area contributed by atoms with Gasteiger partial charge in [0, 0.05) is 11.5 Å². The molecule has 0 radical (unpaired) electrons. The Hall–Kier alpha value is -3.36. The van der Waals surface area contributed by atoms with Crippen molar-refractivity contribution in [2.75, 3.05) is 6.61 Å². The summed E-state index contributed by atoms with van der Waals surface area (Å²) in [4.78, 5) is 0. The van der Waals surface area contributed by atoms with Crippen molar-refractivity contribution in [3.8, 4) is 0 Å². The summed E-state index contributed by atoms with van der Waals surface area (Å²) in [6.45, 7) is 1.29. The van der Waals surface area contributed by atoms with Crippen LogP contribution in [-0.4, -0.2) is 34.6 Å². The Morgan fingerprint density at radius 2 is 0.783 bits per heavy atom. The number of benzene rings is 5. The van der Waals surface area contributed by atoms with Gasteiger partial charge in [0.1, 0.15) is 18.3 Å². The Morgan fingerprint density at radius 3 is 1.20 bits per heavy atom. The van der Waals surface area contributed by atoms with Crippen LogP contribution in [0.15, 0.2) is 152 Å². The molecule has 0 aliphatic heterocycles. The highest BCUT2D eigenvalue weighted by molar-refractivity contribution is 8.16. The molecule has 0 aromatic heterocycles. The first-order chi connectivity index (χ1) is 22.7. The van der Waals surface area contributed by atoms with Gasteiger partial charge in [-0.05, 0) is 27.8 Å². The van der Waals surface area contributed by atoms with Gasteiger partial charge >= 0.3 is 0 Å². The van der Waals surface area contributed by atoms with E-state index >= 15 is 0 Å². The third-order valence-electron chi connectivity index (χ3n) is 7.46. The van der Waals surface area contributed by atoms with Gasteiger partial charge in [0.25, 0.3) is 0 Å². The van der Waals surface area contributed by atoms with Gasteiger partial charge in [-0.1, -0.05) is 152 Å². The van der Waals surface area contributed by atoms with Crippen molar-refractivity contribution in [1.29, 1.82) is 0 Å². The SMILES string of the molecule is O[C@H](COCc1ccccc1)[C@@H](OCc1ccccc1)[C@H](OCc1ccccc1)C(SCc1ccccc1)SCc1ccccc1. The monoisotopic (exact) mass is 650 g/mol. The van der Waals surface area contributed by atoms with Crippen molar-refractivity contribution < 1.29 is 19.3 Å². The van der Waals surface area contributed by atoms with E-state index < -0.39 is 18.3 Å². The third kappa shape index (κ3) is 11.5. The van der Waals surface area contributed by atoms with Crippen molar-refractivity contribution in [1.82, 2.24) is 0 Å². The van der Waals surface area contributed by atoms with E-state index in [2.05, 4.69) is 60.7 Å². The predicted octanol–water partition coefficient (Wildman–Crippen LogP) is 8.93. The first kappa shape index (κ1) is 34.0. The topological polar surface area (TPSA) is 47.9 Å². The molecule has 6 heteroatoms. The molecule has 5 aromatic carbocycles. The van der Waals surface area contributed by atoms with E-state index in [-0.39, 0.29) is 11.2 Å². The van der Waals surface area contributed by atoms with Gasteiger partial charge < -0.3 is 19.3 Å². The van der Waals surface area contributed by atoms with Gasteiger partial charge in [0.2, 0.25) is 0 Å². The quantitative estimate of drug-likeness (QED) is 0.0901. The van der Waals surface area contributed by atoms with Crippen molar-refractivity contribution in [2.24, 2.45) is 0 Å². The van der Waals surface area contributed by atoms with E-state index in [4.69, 9.17) is 14.2 Å². The number of thioether (sulfide) groups is 2. The number of aliphatic hydroxyl groups excluding tert-OH is 1. The lowest BCUT2D eigenvalue weighted by molar-refractivity contribution is -0.142. The number of rotatable bonds is 19. The van der Waals surface area contributed by atoms with Gasteiger partial charge in [-0.2, -0.15) is 0 Å². The highest BCUT2D eigenvalue weighted by Crippen LogP contribution is 2.37. The normalized spacial score (nSPS) is 13.3. The first-order valence-electron chi connectivity index (χ1n) is 15.7. The molecule has 0 saturated carbocycles. The van der Waals surface area contributed by atoms with Crippen LogP contribution in [0.5, 0.6) is 0 Å². The van der Waals surface area contributed by atoms with Crippen LogP contribution in [0.4, 0.5) is 0 Å². The summed E-state index contributed by atoms with van der Waals surface area (Å²) in [5.41, 5.74) is 5.66. The van der Waals surface area contributed by atoms with E-state index in [9.17, 15) is 5.11 Å². The Morgan fingerprint density at radius 1 is 0.435 bits per heavy atom. The van der Waals surface area contributed by atoms with E-state index in [1.165, 1.54) is 11.1 Å². The van der Waals surface area contributed by atoms with Crippen LogP contribution >= 0.6 is 23.5 Å². The summed E-state index contributed by atoms with van der Waals surface area (Å²) in [7, 11) is 0. The Balaban J connectivity index is 1.42. The van der Waals surface area contributed by atoms with E-state index in [0.717, 1.165) is 28.2 Å². The lowest BCUT2D eigenvalue weighted by atomic mass is 10.1. The van der Waals surface area contributed by atoms with Crippen LogP contribution in [-0.2, 0) is 45.5 Å². The fourth-order valence-corrected chi connectivity index (χ4v) is 7.73. The van der Waals surface area contributed by atoms with Crippen LogP contribution in [0.25, 0.3) is 0 Å². The molecule has 0 bridgehead atoms. The number of hydrogen-bond acceptors (Lipinski definition) is 6. The molecule has 0 unspecified atom stereocenters. The molecular weight excluding hydrogens is 609 g/mol. The fourth-order valence-electron chi connectivity index (χ4n) is 5.00. The minimum Gasteiger partial charge on any atom is -0.388 e. The summed E-state index contributed by atoms with van der Waals surface area (Å²) in [6.07, 6.45) is -2.00. The molecule has 0 aliphatic rings. The standard InChI is InChI=1S/C40H42O4S2/c41-37(29-42-26-32-16-6-1-7-17-32)38(43-27-33-18-8-2-9-19-33)39(44-28-34-20-10-3-11-21-34)40(45-30-35-22-12-4-13-23-35)46-31-36-24-14-5-15-25-36/h1-25,37-41H,26-31H2/t37-,38-,39+/m1/s1. The van der Waals surface area contributed by atoms with Gasteiger partial charge in [-0.15, -0.1) is 23.5 Å². The van der Waals surface area contributed by atoms with Crippen LogP contribution < -0.4 is 0 Å². The minimum absolute atomic E-state index is 0.0475. The molecule has 0 amide bonds. The molecule has 5 rings (SSSR count). The summed E-state index contributed by atoms with van der Waals surface area (Å²) >= 11 is 3.66. The second-order valence-electron chi connectivity index (χ2n) is 11.1. The summed E-state index contributed by atoms with van der Waals surface area (Å²) in [6, 6.07) is 51.3. The number of aliphatic hydroxyl groups is 1. The lowest BCUT2D eigenvalue weighted by Crippen LogP contribution is -2.47. The second kappa shape index (κ2) is 19.3. The van der Waals surface area contributed by atoms with E-state index in [1.54, 1.807) is 0 Å². The molecule has 4 nitrogen and oxygen atoms in total. The zero-order valence-corrected chi connectivity index (χ0v) is 27.6. The summed E-state index contributed by atoms with van der Waals surface area (Å²) in [5.74, 6) is 1.62. The van der Waals surface area contributed by atoms with Crippen molar-refractivity contribution in [3.63, 3.8) is 0 Å². The van der Waals surface area contributed by atoms with Crippen molar-refractivity contribution in [2.45, 2.75) is 54.2 Å². The fraction of sp³-hybridized carbons (Fsp3) is 0.250. The van der Waals surface area contributed by atoms with Crippen molar-refractivity contribution in [3.05, 3.63) is 179 Å². The maximum absolute atomic E-state index is 11.8. The molecule has 0 aliphatic carbocycles. The van der Waals surface area contributed by atoms with Gasteiger partial charge in [-0.3, -0.25) is 0 Å². The Bertz CT molecular complexity index is 1450. The molecule has 0 spiro atoms. The minimum atomic E-state index is -0.912. The number of ether oxygens (including phenoxy) is 3. The molecule has 0 heterocycles. The molecule has 1 N–H and O–H groups in total. The maximum atomic E-state index is 11.8. The average Bonchev–Trinajstić information content (AvgIpc) is 3.12. The van der Waals surface area contributed by atoms with Crippen LogP contribution in [0.3, 0.4) is 0 Å². The van der Waals surface area contributed by atoms with Gasteiger partial charge in [0.05, 0.1) is 31.0 Å². The lowest BCUT2D eigenvalue weighted by Gasteiger charge is -2.36. The van der Waals surface area contributed by atoms with Gasteiger partial charge in [0.15, 0.2) is 0 Å². The molecule has 46 heavy (non-hydrogen) atoms. The summed E-state index contributed by atoms with van der Waals surface area (Å²) < 4.78 is 19.5. The number of hydrogen-bond donors (Lipinski definition) is 1. The highest BCUT2D eigenvalue weighted by Gasteiger charge is 2.37. The Labute approximate surface area is 282 Å². The van der Waals surface area contributed by atoms with E-state index in [0.29, 0.717) is 19.8 Å². The van der Waals surface area contributed by atoms with Crippen LogP contribution in [0.2, 0.25) is 0 Å². The molecule has 5 aromatic rings. The second-order valence-corrected chi connectivity index (χ2v) is 13.6. The molecule has 238 valence electrons. The maximum Gasteiger partial charge on any atom is 0.114 e. The van der Waals surface area contributed by atoms with Crippen LogP contribution in [0, 0.1) is 0 Å². The molecule has 0 saturated heterocycles. The Kier molecular flexibility index (Phi) is 14.3. The molecule has 0 fully saturated rings. The zero-order chi connectivity index (χ0) is 31.7.